The number of halogens is 2. The van der Waals surface area contributed by atoms with E-state index >= 15 is 0 Å². The molecule has 3 nitrogen and oxygen atoms in total. The van der Waals surface area contributed by atoms with Crippen LogP contribution < -0.4 is 0 Å². The zero-order chi connectivity index (χ0) is 18.1. The van der Waals surface area contributed by atoms with Crippen molar-refractivity contribution < 1.29 is 0 Å². The molecular formula is C21H15Cl2N3. The van der Waals surface area contributed by atoms with Gasteiger partial charge in [0.05, 0.1) is 22.6 Å². The first-order chi connectivity index (χ1) is 12.6. The van der Waals surface area contributed by atoms with Crippen molar-refractivity contribution in [3.8, 4) is 28.1 Å². The number of hydrogen-bond donors (Lipinski definition) is 0. The first-order valence-corrected chi connectivity index (χ1v) is 8.90. The second-order valence-electron chi connectivity index (χ2n) is 6.00. The number of pyridine rings is 1. The fraction of sp³-hybridized carbons (Fsp3) is 0.0476. The monoisotopic (exact) mass is 379 g/mol. The first-order valence-electron chi connectivity index (χ1n) is 8.14. The second-order valence-corrected chi connectivity index (χ2v) is 6.84. The molecule has 0 aliphatic rings. The fourth-order valence-electron chi connectivity index (χ4n) is 2.98. The molecule has 0 aliphatic heterocycles. The van der Waals surface area contributed by atoms with Gasteiger partial charge in [0.25, 0.3) is 0 Å². The summed E-state index contributed by atoms with van der Waals surface area (Å²) in [5.41, 5.74) is 6.24. The van der Waals surface area contributed by atoms with Gasteiger partial charge in [-0.15, -0.1) is 0 Å². The van der Waals surface area contributed by atoms with Gasteiger partial charge in [0, 0.05) is 23.0 Å². The molecule has 2 heterocycles. The molecule has 0 fully saturated rings. The van der Waals surface area contributed by atoms with Crippen LogP contribution in [0.15, 0.2) is 73.2 Å². The predicted octanol–water partition coefficient (Wildman–Crippen LogP) is 6.22. The highest BCUT2D eigenvalue weighted by molar-refractivity contribution is 6.35. The summed E-state index contributed by atoms with van der Waals surface area (Å²) in [5, 5.41) is 5.68. The number of hydrogen-bond acceptors (Lipinski definition) is 2. The van der Waals surface area contributed by atoms with Crippen LogP contribution in [0, 0.1) is 6.92 Å². The summed E-state index contributed by atoms with van der Waals surface area (Å²) in [4.78, 5) is 4.07. The molecule has 0 bridgehead atoms. The molecule has 0 saturated carbocycles. The van der Waals surface area contributed by atoms with Crippen LogP contribution >= 0.6 is 23.2 Å². The van der Waals surface area contributed by atoms with Crippen molar-refractivity contribution in [2.45, 2.75) is 6.92 Å². The number of aromatic nitrogens is 3. The Bertz CT molecular complexity index is 1050. The Morgan fingerprint density at radius 1 is 0.808 bits per heavy atom. The van der Waals surface area contributed by atoms with E-state index in [9.17, 15) is 0 Å². The zero-order valence-corrected chi connectivity index (χ0v) is 15.5. The van der Waals surface area contributed by atoms with Gasteiger partial charge in [0.1, 0.15) is 0 Å². The molecule has 4 rings (SSSR count). The van der Waals surface area contributed by atoms with Gasteiger partial charge in [-0.25, -0.2) is 4.68 Å². The Kier molecular flexibility index (Phi) is 4.49. The molecule has 4 aromatic rings. The standard InChI is InChI=1S/C21H15Cl2N3/c1-14-13-25-26(20-7-6-18(22)12-19(20)23)21(14)17-4-2-15(3-5-17)16-8-10-24-11-9-16/h2-13H,1H3. The van der Waals surface area contributed by atoms with E-state index in [1.807, 2.05) is 42.1 Å². The number of rotatable bonds is 3. The van der Waals surface area contributed by atoms with E-state index in [0.717, 1.165) is 33.6 Å². The molecule has 0 saturated heterocycles. The maximum atomic E-state index is 6.39. The molecule has 5 heteroatoms. The zero-order valence-electron chi connectivity index (χ0n) is 14.0. The summed E-state index contributed by atoms with van der Waals surface area (Å²) >= 11 is 12.4. The molecule has 0 atom stereocenters. The maximum Gasteiger partial charge on any atom is 0.0840 e. The summed E-state index contributed by atoms with van der Waals surface area (Å²) in [7, 11) is 0. The lowest BCUT2D eigenvalue weighted by Crippen LogP contribution is -2.00. The molecule has 2 aromatic carbocycles. The molecule has 0 spiro atoms. The topological polar surface area (TPSA) is 30.7 Å². The minimum atomic E-state index is 0.565. The fourth-order valence-corrected chi connectivity index (χ4v) is 3.47. The number of benzene rings is 2. The van der Waals surface area contributed by atoms with Crippen molar-refractivity contribution in [1.82, 2.24) is 14.8 Å². The van der Waals surface area contributed by atoms with Crippen LogP contribution in [-0.2, 0) is 0 Å². The third kappa shape index (κ3) is 3.12. The highest BCUT2D eigenvalue weighted by Crippen LogP contribution is 2.32. The Labute approximate surface area is 161 Å². The normalized spacial score (nSPS) is 10.9. The lowest BCUT2D eigenvalue weighted by molar-refractivity contribution is 0.888. The molecule has 0 unspecified atom stereocenters. The summed E-state index contributed by atoms with van der Waals surface area (Å²) in [6.07, 6.45) is 5.44. The van der Waals surface area contributed by atoms with E-state index in [1.54, 1.807) is 18.5 Å². The molecule has 2 aromatic heterocycles. The lowest BCUT2D eigenvalue weighted by atomic mass is 10.0. The van der Waals surface area contributed by atoms with E-state index in [2.05, 4.69) is 34.3 Å². The molecule has 128 valence electrons. The van der Waals surface area contributed by atoms with Crippen LogP contribution in [0.1, 0.15) is 5.56 Å². The van der Waals surface area contributed by atoms with E-state index in [-0.39, 0.29) is 0 Å². The smallest absolute Gasteiger partial charge is 0.0840 e. The molecule has 0 N–H and O–H groups in total. The quantitative estimate of drug-likeness (QED) is 0.423. The van der Waals surface area contributed by atoms with Crippen molar-refractivity contribution in [3.63, 3.8) is 0 Å². The van der Waals surface area contributed by atoms with Crippen molar-refractivity contribution in [3.05, 3.63) is 88.8 Å². The Morgan fingerprint density at radius 2 is 1.46 bits per heavy atom. The van der Waals surface area contributed by atoms with E-state index in [0.29, 0.717) is 10.0 Å². The first kappa shape index (κ1) is 16.8. The SMILES string of the molecule is Cc1cnn(-c2ccc(Cl)cc2Cl)c1-c1ccc(-c2ccncc2)cc1. The maximum absolute atomic E-state index is 6.39. The molecular weight excluding hydrogens is 365 g/mol. The van der Waals surface area contributed by atoms with Crippen molar-refractivity contribution >= 4 is 23.2 Å². The van der Waals surface area contributed by atoms with Crippen LogP contribution in [0.2, 0.25) is 10.0 Å². The average Bonchev–Trinajstić information content (AvgIpc) is 3.04. The number of nitrogens with zero attached hydrogens (tertiary/aromatic N) is 3. The molecule has 0 radical (unpaired) electrons. The van der Waals surface area contributed by atoms with Crippen LogP contribution in [0.4, 0.5) is 0 Å². The van der Waals surface area contributed by atoms with Crippen LogP contribution in [0.5, 0.6) is 0 Å². The molecule has 0 amide bonds. The van der Waals surface area contributed by atoms with E-state index in [4.69, 9.17) is 23.2 Å². The van der Waals surface area contributed by atoms with Gasteiger partial charge < -0.3 is 0 Å². The Balaban J connectivity index is 1.78. The van der Waals surface area contributed by atoms with Gasteiger partial charge in [-0.1, -0.05) is 47.5 Å². The molecule has 26 heavy (non-hydrogen) atoms. The van der Waals surface area contributed by atoms with Crippen LogP contribution in [0.25, 0.3) is 28.1 Å². The van der Waals surface area contributed by atoms with Gasteiger partial charge in [0.2, 0.25) is 0 Å². The van der Waals surface area contributed by atoms with Crippen molar-refractivity contribution in [2.24, 2.45) is 0 Å². The predicted molar refractivity (Wildman–Crippen MR) is 107 cm³/mol. The summed E-state index contributed by atoms with van der Waals surface area (Å²) in [6.45, 7) is 2.04. The summed E-state index contributed by atoms with van der Waals surface area (Å²) < 4.78 is 1.86. The van der Waals surface area contributed by atoms with E-state index in [1.165, 1.54) is 0 Å². The average molecular weight is 380 g/mol. The van der Waals surface area contributed by atoms with Crippen LogP contribution in [-0.4, -0.2) is 14.8 Å². The van der Waals surface area contributed by atoms with Gasteiger partial charge in [-0.3, -0.25) is 4.98 Å². The minimum Gasteiger partial charge on any atom is -0.265 e. The summed E-state index contributed by atoms with van der Waals surface area (Å²) in [6, 6.07) is 17.8. The van der Waals surface area contributed by atoms with Gasteiger partial charge >= 0.3 is 0 Å². The highest BCUT2D eigenvalue weighted by Gasteiger charge is 2.14. The third-order valence-electron chi connectivity index (χ3n) is 4.26. The highest BCUT2D eigenvalue weighted by atomic mass is 35.5. The Morgan fingerprint density at radius 3 is 2.15 bits per heavy atom. The number of aryl methyl sites for hydroxylation is 1. The summed E-state index contributed by atoms with van der Waals surface area (Å²) in [5.74, 6) is 0. The third-order valence-corrected chi connectivity index (χ3v) is 4.80. The van der Waals surface area contributed by atoms with Crippen molar-refractivity contribution in [1.29, 1.82) is 0 Å². The second kappa shape index (κ2) is 6.94. The van der Waals surface area contributed by atoms with Gasteiger partial charge in [-0.2, -0.15) is 5.10 Å². The van der Waals surface area contributed by atoms with Crippen molar-refractivity contribution in [2.75, 3.05) is 0 Å². The Hall–Kier alpha value is -2.62. The van der Waals surface area contributed by atoms with E-state index < -0.39 is 0 Å². The van der Waals surface area contributed by atoms with Gasteiger partial charge in [-0.05, 0) is 53.9 Å². The minimum absolute atomic E-state index is 0.565. The van der Waals surface area contributed by atoms with Gasteiger partial charge in [0.15, 0.2) is 0 Å². The molecule has 0 aliphatic carbocycles. The lowest BCUT2D eigenvalue weighted by Gasteiger charge is -2.11. The van der Waals surface area contributed by atoms with Crippen LogP contribution in [0.3, 0.4) is 0 Å². The largest absolute Gasteiger partial charge is 0.265 e.